The molecule has 0 saturated carbocycles. The Bertz CT molecular complexity index is 363. The lowest BCUT2D eigenvalue weighted by Crippen LogP contribution is -2.42. The Kier molecular flexibility index (Phi) is 6.45. The highest BCUT2D eigenvalue weighted by Crippen LogP contribution is 2.32. The highest BCUT2D eigenvalue weighted by atomic mass is 35.5. The molecule has 7 heteroatoms. The van der Waals surface area contributed by atoms with E-state index in [9.17, 15) is 8.78 Å². The second kappa shape index (κ2) is 7.35. The third kappa shape index (κ3) is 4.44. The zero-order chi connectivity index (χ0) is 13.7. The molecular weight excluding hydrogens is 282 g/mol. The van der Waals surface area contributed by atoms with Crippen molar-refractivity contribution in [3.05, 3.63) is 21.3 Å². The van der Waals surface area contributed by atoms with Crippen LogP contribution in [0.5, 0.6) is 0 Å². The van der Waals surface area contributed by atoms with Crippen molar-refractivity contribution in [1.29, 1.82) is 0 Å². The Balaban J connectivity index is 2.92. The SMILES string of the molecule is CC(N)C(c1ccc(Cl)s1)N(CCO)CC(F)F. The van der Waals surface area contributed by atoms with Crippen molar-refractivity contribution in [1.82, 2.24) is 4.90 Å². The number of hydrogen-bond donors (Lipinski definition) is 2. The second-order valence-electron chi connectivity index (χ2n) is 4.06. The fourth-order valence-electron chi connectivity index (χ4n) is 1.91. The molecule has 104 valence electrons. The number of nitrogens with zero attached hydrogens (tertiary/aromatic N) is 1. The van der Waals surface area contributed by atoms with Crippen molar-refractivity contribution in [2.24, 2.45) is 5.73 Å². The van der Waals surface area contributed by atoms with E-state index in [1.54, 1.807) is 19.1 Å². The van der Waals surface area contributed by atoms with Gasteiger partial charge in [-0.1, -0.05) is 11.6 Å². The Morgan fingerprint density at radius 2 is 2.17 bits per heavy atom. The first-order chi connectivity index (χ1) is 8.45. The average molecular weight is 299 g/mol. The molecule has 1 aromatic rings. The number of rotatable bonds is 7. The molecule has 0 aliphatic carbocycles. The van der Waals surface area contributed by atoms with E-state index in [-0.39, 0.29) is 25.2 Å². The smallest absolute Gasteiger partial charge is 0.251 e. The summed E-state index contributed by atoms with van der Waals surface area (Å²) < 4.78 is 25.7. The van der Waals surface area contributed by atoms with Crippen molar-refractivity contribution in [2.75, 3.05) is 19.7 Å². The Morgan fingerprint density at radius 3 is 2.56 bits per heavy atom. The molecule has 2 atom stereocenters. The molecule has 0 amide bonds. The van der Waals surface area contributed by atoms with Gasteiger partial charge < -0.3 is 10.8 Å². The first kappa shape index (κ1) is 15.8. The van der Waals surface area contributed by atoms with Gasteiger partial charge in [0, 0.05) is 17.5 Å². The number of aliphatic hydroxyl groups excluding tert-OH is 1. The first-order valence-corrected chi connectivity index (χ1v) is 6.79. The van der Waals surface area contributed by atoms with Crippen molar-refractivity contribution in [3.8, 4) is 0 Å². The topological polar surface area (TPSA) is 49.5 Å². The van der Waals surface area contributed by atoms with Crippen molar-refractivity contribution in [3.63, 3.8) is 0 Å². The monoisotopic (exact) mass is 298 g/mol. The zero-order valence-electron chi connectivity index (χ0n) is 10.0. The van der Waals surface area contributed by atoms with Gasteiger partial charge >= 0.3 is 0 Å². The quantitative estimate of drug-likeness (QED) is 0.812. The number of halogens is 3. The minimum absolute atomic E-state index is 0.159. The zero-order valence-corrected chi connectivity index (χ0v) is 11.6. The van der Waals surface area contributed by atoms with Gasteiger partial charge in [0.15, 0.2) is 0 Å². The summed E-state index contributed by atoms with van der Waals surface area (Å²) in [5.74, 6) is 0. The first-order valence-electron chi connectivity index (χ1n) is 5.59. The van der Waals surface area contributed by atoms with E-state index in [1.165, 1.54) is 16.2 Å². The summed E-state index contributed by atoms with van der Waals surface area (Å²) in [6.07, 6.45) is -2.46. The number of thiophene rings is 1. The summed E-state index contributed by atoms with van der Waals surface area (Å²) in [7, 11) is 0. The highest BCUT2D eigenvalue weighted by Gasteiger charge is 2.27. The van der Waals surface area contributed by atoms with E-state index < -0.39 is 13.0 Å². The van der Waals surface area contributed by atoms with Crippen LogP contribution in [-0.2, 0) is 0 Å². The molecule has 0 saturated heterocycles. The highest BCUT2D eigenvalue weighted by molar-refractivity contribution is 7.16. The molecule has 0 aliphatic heterocycles. The summed E-state index contributed by atoms with van der Waals surface area (Å²) in [6.45, 7) is 1.32. The van der Waals surface area contributed by atoms with Crippen LogP contribution in [0, 0.1) is 0 Å². The molecule has 18 heavy (non-hydrogen) atoms. The minimum Gasteiger partial charge on any atom is -0.395 e. The minimum atomic E-state index is -2.46. The Labute approximate surface area is 114 Å². The molecule has 0 bridgehead atoms. The van der Waals surface area contributed by atoms with Crippen LogP contribution in [0.1, 0.15) is 17.8 Å². The Morgan fingerprint density at radius 1 is 1.50 bits per heavy atom. The van der Waals surface area contributed by atoms with Crippen LogP contribution in [0.4, 0.5) is 8.78 Å². The number of alkyl halides is 2. The summed E-state index contributed by atoms with van der Waals surface area (Å²) in [5.41, 5.74) is 5.88. The summed E-state index contributed by atoms with van der Waals surface area (Å²) >= 11 is 7.18. The van der Waals surface area contributed by atoms with Gasteiger partial charge in [-0.25, -0.2) is 8.78 Å². The van der Waals surface area contributed by atoms with Gasteiger partial charge in [0.1, 0.15) is 0 Å². The van der Waals surface area contributed by atoms with Crippen LogP contribution in [-0.4, -0.2) is 42.2 Å². The molecule has 0 aromatic carbocycles. The third-order valence-corrected chi connectivity index (χ3v) is 3.84. The predicted octanol–water partition coefficient (Wildman–Crippen LogP) is 2.35. The van der Waals surface area contributed by atoms with Gasteiger partial charge in [0.25, 0.3) is 6.43 Å². The maximum absolute atomic E-state index is 12.6. The summed E-state index contributed by atoms with van der Waals surface area (Å²) in [5, 5.41) is 8.98. The maximum Gasteiger partial charge on any atom is 0.251 e. The van der Waals surface area contributed by atoms with Gasteiger partial charge in [-0.2, -0.15) is 0 Å². The lowest BCUT2D eigenvalue weighted by Gasteiger charge is -2.32. The number of nitrogens with two attached hydrogens (primary N) is 1. The van der Waals surface area contributed by atoms with Gasteiger partial charge in [-0.05, 0) is 19.1 Å². The van der Waals surface area contributed by atoms with Crippen LogP contribution in [0.3, 0.4) is 0 Å². The van der Waals surface area contributed by atoms with E-state index in [2.05, 4.69) is 0 Å². The maximum atomic E-state index is 12.6. The van der Waals surface area contributed by atoms with E-state index in [1.807, 2.05) is 0 Å². The molecule has 0 spiro atoms. The lowest BCUT2D eigenvalue weighted by molar-refractivity contribution is 0.0496. The van der Waals surface area contributed by atoms with Gasteiger partial charge in [0.2, 0.25) is 0 Å². The lowest BCUT2D eigenvalue weighted by atomic mass is 10.1. The van der Waals surface area contributed by atoms with Crippen molar-refractivity contribution < 1.29 is 13.9 Å². The molecule has 3 N–H and O–H groups in total. The summed E-state index contributed by atoms with van der Waals surface area (Å²) in [4.78, 5) is 2.33. The molecule has 3 nitrogen and oxygen atoms in total. The van der Waals surface area contributed by atoms with Gasteiger partial charge in [0.05, 0.1) is 23.5 Å². The molecule has 0 radical (unpaired) electrons. The molecule has 1 aromatic heterocycles. The van der Waals surface area contributed by atoms with Crippen molar-refractivity contribution >= 4 is 22.9 Å². The number of hydrogen-bond acceptors (Lipinski definition) is 4. The van der Waals surface area contributed by atoms with Crippen LogP contribution < -0.4 is 5.73 Å². The van der Waals surface area contributed by atoms with Crippen LogP contribution >= 0.6 is 22.9 Å². The largest absolute Gasteiger partial charge is 0.395 e. The molecule has 1 heterocycles. The van der Waals surface area contributed by atoms with E-state index in [0.717, 1.165) is 4.88 Å². The molecular formula is C11H17ClF2N2OS. The van der Waals surface area contributed by atoms with Gasteiger partial charge in [-0.3, -0.25) is 4.90 Å². The third-order valence-electron chi connectivity index (χ3n) is 2.54. The molecule has 0 aliphatic rings. The van der Waals surface area contributed by atoms with Crippen LogP contribution in [0.15, 0.2) is 12.1 Å². The predicted molar refractivity (Wildman–Crippen MR) is 70.4 cm³/mol. The summed E-state index contributed by atoms with van der Waals surface area (Å²) in [6, 6.07) is 2.82. The van der Waals surface area contributed by atoms with Crippen LogP contribution in [0.2, 0.25) is 4.34 Å². The molecule has 1 rings (SSSR count). The van der Waals surface area contributed by atoms with E-state index in [4.69, 9.17) is 22.4 Å². The fourth-order valence-corrected chi connectivity index (χ4v) is 3.22. The average Bonchev–Trinajstić information content (AvgIpc) is 2.63. The Hall–Kier alpha value is -0.270. The van der Waals surface area contributed by atoms with E-state index in [0.29, 0.717) is 4.34 Å². The van der Waals surface area contributed by atoms with Gasteiger partial charge in [-0.15, -0.1) is 11.3 Å². The standard InChI is InChI=1S/C11H17ClF2N2OS/c1-7(15)11(8-2-3-9(12)18-8)16(4-5-17)6-10(13)14/h2-3,7,10-11,17H,4-6,15H2,1H3. The van der Waals surface area contributed by atoms with E-state index >= 15 is 0 Å². The number of aliphatic hydroxyl groups is 1. The van der Waals surface area contributed by atoms with Crippen molar-refractivity contribution in [2.45, 2.75) is 25.4 Å². The second-order valence-corrected chi connectivity index (χ2v) is 5.80. The molecule has 0 fully saturated rings. The fraction of sp³-hybridized carbons (Fsp3) is 0.636. The normalized spacial score (nSPS) is 15.3. The van der Waals surface area contributed by atoms with Crippen LogP contribution in [0.25, 0.3) is 0 Å². The molecule has 2 unspecified atom stereocenters.